The van der Waals surface area contributed by atoms with Gasteiger partial charge in [-0.25, -0.2) is 0 Å². The third-order valence-corrected chi connectivity index (χ3v) is 4.30. The van der Waals surface area contributed by atoms with Crippen LogP contribution < -0.4 is 11.1 Å². The molecule has 0 radical (unpaired) electrons. The highest BCUT2D eigenvalue weighted by molar-refractivity contribution is 6.30. The quantitative estimate of drug-likeness (QED) is 0.747. The van der Waals surface area contributed by atoms with E-state index in [1.54, 1.807) is 24.3 Å². The molecule has 6 nitrogen and oxygen atoms in total. The molecule has 2 heterocycles. The predicted molar refractivity (Wildman–Crippen MR) is 94.8 cm³/mol. The first-order valence-electron chi connectivity index (χ1n) is 7.57. The van der Waals surface area contributed by atoms with E-state index in [1.807, 2.05) is 12.1 Å². The highest BCUT2D eigenvalue weighted by atomic mass is 35.5. The normalized spacial score (nSPS) is 12.0. The number of benzene rings is 1. The lowest BCUT2D eigenvalue weighted by atomic mass is 10.1. The maximum atomic E-state index is 12.8. The van der Waals surface area contributed by atoms with Crippen molar-refractivity contribution in [1.82, 2.24) is 9.55 Å². The summed E-state index contributed by atoms with van der Waals surface area (Å²) >= 11 is 5.87. The number of halogens is 1. The van der Waals surface area contributed by atoms with Crippen molar-refractivity contribution in [2.75, 3.05) is 6.61 Å². The zero-order valence-electron chi connectivity index (χ0n) is 13.1. The Labute approximate surface area is 147 Å². The molecule has 1 unspecified atom stereocenters. The van der Waals surface area contributed by atoms with Crippen LogP contribution in [0.1, 0.15) is 17.2 Å². The van der Waals surface area contributed by atoms with Crippen LogP contribution in [-0.4, -0.2) is 21.3 Å². The Balaban J connectivity index is 2.07. The molecule has 3 rings (SSSR count). The van der Waals surface area contributed by atoms with Crippen LogP contribution in [0.2, 0.25) is 5.02 Å². The number of aromatic nitrogens is 2. The summed E-state index contributed by atoms with van der Waals surface area (Å²) < 4.78 is 1.41. The third-order valence-electron chi connectivity index (χ3n) is 4.05. The van der Waals surface area contributed by atoms with E-state index in [2.05, 4.69) is 4.98 Å². The number of nitriles is 1. The molecule has 0 bridgehead atoms. The van der Waals surface area contributed by atoms with Crippen LogP contribution in [0.15, 0.2) is 52.2 Å². The fourth-order valence-electron chi connectivity index (χ4n) is 2.73. The van der Waals surface area contributed by atoms with Crippen molar-refractivity contribution in [3.63, 3.8) is 0 Å². The standard InChI is InChI=1S/C18H14ClN3O3/c19-13-3-1-11(2-4-13)7-14(10-23)22-6-5-16-15(18(22)25)8-12(9-20)17(24)21-16/h1-6,8,14,23H,7,10H2,(H,21,24). The number of H-pyrrole nitrogens is 1. The van der Waals surface area contributed by atoms with E-state index < -0.39 is 11.6 Å². The summed E-state index contributed by atoms with van der Waals surface area (Å²) in [7, 11) is 0. The Hall–Kier alpha value is -2.88. The third kappa shape index (κ3) is 3.33. The van der Waals surface area contributed by atoms with E-state index in [1.165, 1.54) is 16.8 Å². The lowest BCUT2D eigenvalue weighted by Crippen LogP contribution is -2.29. The maximum Gasteiger partial charge on any atom is 0.266 e. The zero-order valence-corrected chi connectivity index (χ0v) is 13.8. The van der Waals surface area contributed by atoms with Gasteiger partial charge < -0.3 is 14.7 Å². The van der Waals surface area contributed by atoms with Crippen LogP contribution in [0.5, 0.6) is 0 Å². The number of nitrogens with zero attached hydrogens (tertiary/aromatic N) is 2. The lowest BCUT2D eigenvalue weighted by Gasteiger charge is -2.18. The van der Waals surface area contributed by atoms with Crippen LogP contribution >= 0.6 is 11.6 Å². The molecule has 0 fully saturated rings. The molecule has 0 aliphatic carbocycles. The Kier molecular flexibility index (Phi) is 4.70. The average molecular weight is 356 g/mol. The Bertz CT molecular complexity index is 1080. The minimum atomic E-state index is -0.535. The number of aliphatic hydroxyl groups is 1. The van der Waals surface area contributed by atoms with Crippen LogP contribution in [0.25, 0.3) is 10.9 Å². The molecular formula is C18H14ClN3O3. The van der Waals surface area contributed by atoms with Gasteiger partial charge in [0.1, 0.15) is 11.6 Å². The highest BCUT2D eigenvalue weighted by Gasteiger charge is 2.15. The number of pyridine rings is 2. The molecule has 0 aliphatic heterocycles. The topological polar surface area (TPSA) is 98.9 Å². The molecule has 2 N–H and O–H groups in total. The molecule has 0 amide bonds. The molecule has 0 aliphatic rings. The largest absolute Gasteiger partial charge is 0.394 e. The monoisotopic (exact) mass is 355 g/mol. The molecule has 126 valence electrons. The second-order valence-electron chi connectivity index (χ2n) is 5.65. The number of nitrogens with one attached hydrogen (secondary N) is 1. The average Bonchev–Trinajstić information content (AvgIpc) is 2.62. The van der Waals surface area contributed by atoms with Gasteiger partial charge in [-0.15, -0.1) is 0 Å². The van der Waals surface area contributed by atoms with E-state index >= 15 is 0 Å². The minimum absolute atomic E-state index is 0.124. The summed E-state index contributed by atoms with van der Waals surface area (Å²) in [5.74, 6) is 0. The van der Waals surface area contributed by atoms with Gasteiger partial charge in [-0.1, -0.05) is 23.7 Å². The second kappa shape index (κ2) is 6.93. The summed E-state index contributed by atoms with van der Waals surface area (Å²) in [6, 6.07) is 11.3. The highest BCUT2D eigenvalue weighted by Crippen LogP contribution is 2.17. The van der Waals surface area contributed by atoms with Crippen molar-refractivity contribution < 1.29 is 5.11 Å². The fraction of sp³-hybridized carbons (Fsp3) is 0.167. The Morgan fingerprint density at radius 1 is 1.24 bits per heavy atom. The zero-order chi connectivity index (χ0) is 18.0. The first-order chi connectivity index (χ1) is 12.0. The van der Waals surface area contributed by atoms with Gasteiger partial charge in [0, 0.05) is 11.2 Å². The van der Waals surface area contributed by atoms with Crippen LogP contribution in [0.4, 0.5) is 0 Å². The van der Waals surface area contributed by atoms with E-state index in [4.69, 9.17) is 16.9 Å². The summed E-state index contributed by atoms with van der Waals surface area (Å²) in [6.07, 6.45) is 1.97. The van der Waals surface area contributed by atoms with Gasteiger partial charge >= 0.3 is 0 Å². The molecule has 3 aromatic rings. The van der Waals surface area contributed by atoms with Crippen molar-refractivity contribution in [3.8, 4) is 6.07 Å². The van der Waals surface area contributed by atoms with Crippen LogP contribution in [0, 0.1) is 11.3 Å². The van der Waals surface area contributed by atoms with E-state index in [9.17, 15) is 14.7 Å². The Morgan fingerprint density at radius 2 is 1.96 bits per heavy atom. The van der Waals surface area contributed by atoms with Crippen LogP contribution in [-0.2, 0) is 6.42 Å². The van der Waals surface area contributed by atoms with Gasteiger partial charge in [-0.2, -0.15) is 5.26 Å². The minimum Gasteiger partial charge on any atom is -0.394 e. The van der Waals surface area contributed by atoms with E-state index in [-0.39, 0.29) is 23.1 Å². The molecule has 0 saturated carbocycles. The molecule has 0 saturated heterocycles. The number of hydrogen-bond donors (Lipinski definition) is 2. The molecule has 0 spiro atoms. The number of fused-ring (bicyclic) bond motifs is 1. The van der Waals surface area contributed by atoms with Gasteiger partial charge in [-0.3, -0.25) is 9.59 Å². The van der Waals surface area contributed by atoms with Crippen molar-refractivity contribution in [1.29, 1.82) is 5.26 Å². The van der Waals surface area contributed by atoms with E-state index in [0.29, 0.717) is 17.0 Å². The van der Waals surface area contributed by atoms with Crippen molar-refractivity contribution in [2.45, 2.75) is 12.5 Å². The smallest absolute Gasteiger partial charge is 0.266 e. The summed E-state index contributed by atoms with van der Waals surface area (Å²) in [5.41, 5.74) is 0.244. The van der Waals surface area contributed by atoms with Crippen LogP contribution in [0.3, 0.4) is 0 Å². The SMILES string of the molecule is N#Cc1cc2c(=O)n(C(CO)Cc3ccc(Cl)cc3)ccc2[nH]c1=O. The van der Waals surface area contributed by atoms with Gasteiger partial charge in [0.15, 0.2) is 0 Å². The van der Waals surface area contributed by atoms with Crippen molar-refractivity contribution in [3.05, 3.63) is 79.5 Å². The second-order valence-corrected chi connectivity index (χ2v) is 6.08. The Morgan fingerprint density at radius 3 is 2.60 bits per heavy atom. The lowest BCUT2D eigenvalue weighted by molar-refractivity contribution is 0.225. The first-order valence-corrected chi connectivity index (χ1v) is 7.95. The summed E-state index contributed by atoms with van der Waals surface area (Å²) in [4.78, 5) is 27.0. The van der Waals surface area contributed by atoms with Gasteiger partial charge in [0.2, 0.25) is 0 Å². The molecule has 2 aromatic heterocycles. The van der Waals surface area contributed by atoms with Gasteiger partial charge in [0.05, 0.1) is 23.6 Å². The summed E-state index contributed by atoms with van der Waals surface area (Å²) in [6.45, 7) is -0.234. The van der Waals surface area contributed by atoms with Gasteiger partial charge in [0.25, 0.3) is 11.1 Å². The molecule has 1 aromatic carbocycles. The van der Waals surface area contributed by atoms with Crippen molar-refractivity contribution in [2.24, 2.45) is 0 Å². The molecule has 25 heavy (non-hydrogen) atoms. The summed E-state index contributed by atoms with van der Waals surface area (Å²) in [5, 5.41) is 19.6. The van der Waals surface area contributed by atoms with Crippen molar-refractivity contribution >= 4 is 22.5 Å². The number of aromatic amines is 1. The number of aliphatic hydroxyl groups excluding tert-OH is 1. The predicted octanol–water partition coefficient (Wildman–Crippen LogP) is 1.99. The molecular weight excluding hydrogens is 342 g/mol. The number of rotatable bonds is 4. The molecule has 1 atom stereocenters. The van der Waals surface area contributed by atoms with Gasteiger partial charge in [-0.05, 0) is 36.2 Å². The van der Waals surface area contributed by atoms with E-state index in [0.717, 1.165) is 5.56 Å². The fourth-order valence-corrected chi connectivity index (χ4v) is 2.85. The number of hydrogen-bond acceptors (Lipinski definition) is 4. The first kappa shape index (κ1) is 17.0. The molecule has 7 heteroatoms. The maximum absolute atomic E-state index is 12.8.